The maximum Gasteiger partial charge on any atom is 0.203 e. The third-order valence-electron chi connectivity index (χ3n) is 3.71. The minimum Gasteiger partial charge on any atom is -0.374 e. The number of aromatic nitrogens is 3. The molecule has 2 N–H and O–H groups in total. The number of aryl methyl sites for hydroxylation is 2. The van der Waals surface area contributed by atoms with Crippen LogP contribution in [-0.4, -0.2) is 15.2 Å². The van der Waals surface area contributed by atoms with E-state index in [1.165, 1.54) is 22.5 Å². The number of anilines is 1. The van der Waals surface area contributed by atoms with Crippen LogP contribution in [0.25, 0.3) is 21.5 Å². The van der Waals surface area contributed by atoms with E-state index in [0.717, 1.165) is 27.2 Å². The Morgan fingerprint density at radius 2 is 1.76 bits per heavy atom. The van der Waals surface area contributed by atoms with Crippen LogP contribution in [0.2, 0.25) is 0 Å². The first-order chi connectivity index (χ1) is 9.95. The van der Waals surface area contributed by atoms with Crippen LogP contribution in [-0.2, 0) is 0 Å². The molecule has 108 valence electrons. The van der Waals surface area contributed by atoms with Gasteiger partial charge in [-0.05, 0) is 49.1 Å². The van der Waals surface area contributed by atoms with Gasteiger partial charge in [0.15, 0.2) is 0 Å². The molecule has 1 aromatic carbocycles. The molecule has 5 heteroatoms. The molecule has 2 aromatic heterocycles. The Kier molecular flexibility index (Phi) is 3.37. The number of hydrogen-bond acceptors (Lipinski definition) is 5. The lowest BCUT2D eigenvalue weighted by atomic mass is 9.99. The molecule has 3 aromatic rings. The zero-order chi connectivity index (χ0) is 15.1. The third kappa shape index (κ3) is 2.49. The number of rotatable bonds is 2. The monoisotopic (exact) mass is 298 g/mol. The Labute approximate surface area is 128 Å². The number of pyridine rings is 1. The maximum absolute atomic E-state index is 5.74. The summed E-state index contributed by atoms with van der Waals surface area (Å²) in [6.45, 7) is 8.52. The normalized spacial score (nSPS) is 11.5. The number of nitrogen functional groups attached to an aromatic ring is 1. The maximum atomic E-state index is 5.74. The lowest BCUT2D eigenvalue weighted by Gasteiger charge is -2.12. The summed E-state index contributed by atoms with van der Waals surface area (Å²) in [6.07, 6.45) is 0. The van der Waals surface area contributed by atoms with Crippen LogP contribution in [0.3, 0.4) is 0 Å². The Balaban J connectivity index is 2.36. The minimum atomic E-state index is 0.361. The standard InChI is InChI=1S/C16H18N4S/c1-8(2)13-7-12(15-19-20-16(17)21-15)11-5-9(3)10(4)6-14(11)18-13/h5-8H,1-4H3,(H2,17,20). The fourth-order valence-electron chi connectivity index (χ4n) is 2.32. The Morgan fingerprint density at radius 3 is 2.38 bits per heavy atom. The fourth-order valence-corrected chi connectivity index (χ4v) is 2.96. The van der Waals surface area contributed by atoms with Gasteiger partial charge in [0, 0.05) is 16.6 Å². The summed E-state index contributed by atoms with van der Waals surface area (Å²) in [5, 5.41) is 10.6. The third-order valence-corrected chi connectivity index (χ3v) is 4.49. The number of fused-ring (bicyclic) bond motifs is 1. The van der Waals surface area contributed by atoms with Crippen molar-refractivity contribution in [3.05, 3.63) is 35.0 Å². The molecule has 4 nitrogen and oxygen atoms in total. The van der Waals surface area contributed by atoms with Crippen molar-refractivity contribution in [3.63, 3.8) is 0 Å². The topological polar surface area (TPSA) is 64.7 Å². The summed E-state index contributed by atoms with van der Waals surface area (Å²) >= 11 is 1.41. The van der Waals surface area contributed by atoms with Crippen molar-refractivity contribution >= 4 is 27.4 Å². The predicted molar refractivity (Wildman–Crippen MR) is 88.6 cm³/mol. The van der Waals surface area contributed by atoms with Gasteiger partial charge in [0.25, 0.3) is 0 Å². The molecule has 0 amide bonds. The average Bonchev–Trinajstić information content (AvgIpc) is 2.85. The molecular weight excluding hydrogens is 280 g/mol. The first kappa shape index (κ1) is 13.9. The largest absolute Gasteiger partial charge is 0.374 e. The van der Waals surface area contributed by atoms with Crippen molar-refractivity contribution < 1.29 is 0 Å². The van der Waals surface area contributed by atoms with Crippen LogP contribution in [0.5, 0.6) is 0 Å². The van der Waals surface area contributed by atoms with Gasteiger partial charge >= 0.3 is 0 Å². The van der Waals surface area contributed by atoms with Crippen molar-refractivity contribution in [2.24, 2.45) is 0 Å². The lowest BCUT2D eigenvalue weighted by Crippen LogP contribution is -1.96. The van der Waals surface area contributed by atoms with Gasteiger partial charge in [-0.2, -0.15) is 0 Å². The van der Waals surface area contributed by atoms with E-state index in [1.807, 2.05) is 0 Å². The first-order valence-corrected chi connectivity index (χ1v) is 7.78. The van der Waals surface area contributed by atoms with Crippen molar-refractivity contribution in [2.75, 3.05) is 5.73 Å². The second kappa shape index (κ2) is 5.07. The van der Waals surface area contributed by atoms with Crippen molar-refractivity contribution in [1.29, 1.82) is 0 Å². The number of nitrogens with zero attached hydrogens (tertiary/aromatic N) is 3. The molecule has 0 radical (unpaired) electrons. The highest BCUT2D eigenvalue weighted by atomic mass is 32.1. The van der Waals surface area contributed by atoms with E-state index in [2.05, 4.69) is 56.1 Å². The van der Waals surface area contributed by atoms with Gasteiger partial charge in [0.2, 0.25) is 5.13 Å². The number of nitrogens with two attached hydrogens (primary N) is 1. The van der Waals surface area contributed by atoms with Crippen molar-refractivity contribution in [3.8, 4) is 10.6 Å². The van der Waals surface area contributed by atoms with Gasteiger partial charge in [-0.1, -0.05) is 25.2 Å². The molecule has 0 aliphatic carbocycles. The van der Waals surface area contributed by atoms with Crippen molar-refractivity contribution in [1.82, 2.24) is 15.2 Å². The summed E-state index contributed by atoms with van der Waals surface area (Å²) in [5.74, 6) is 0.361. The molecule has 0 spiro atoms. The molecule has 3 rings (SSSR count). The summed E-state index contributed by atoms with van der Waals surface area (Å²) < 4.78 is 0. The van der Waals surface area contributed by atoms with E-state index in [-0.39, 0.29) is 0 Å². The lowest BCUT2D eigenvalue weighted by molar-refractivity contribution is 0.830. The van der Waals surface area contributed by atoms with E-state index in [9.17, 15) is 0 Å². The molecule has 0 atom stereocenters. The molecule has 0 unspecified atom stereocenters. The summed E-state index contributed by atoms with van der Waals surface area (Å²) in [5.41, 5.74) is 11.4. The van der Waals surface area contributed by atoms with Crippen LogP contribution in [0.1, 0.15) is 36.6 Å². The van der Waals surface area contributed by atoms with E-state index in [0.29, 0.717) is 11.0 Å². The smallest absolute Gasteiger partial charge is 0.203 e. The molecular formula is C16H18N4S. The van der Waals surface area contributed by atoms with Crippen LogP contribution in [0.4, 0.5) is 5.13 Å². The van der Waals surface area contributed by atoms with Crippen LogP contribution < -0.4 is 5.73 Å². The van der Waals surface area contributed by atoms with Crippen molar-refractivity contribution in [2.45, 2.75) is 33.6 Å². The average molecular weight is 298 g/mol. The Hall–Kier alpha value is -2.01. The van der Waals surface area contributed by atoms with E-state index in [1.54, 1.807) is 0 Å². The highest BCUT2D eigenvalue weighted by Crippen LogP contribution is 2.34. The molecule has 21 heavy (non-hydrogen) atoms. The van der Waals surface area contributed by atoms with Gasteiger partial charge in [-0.25, -0.2) is 0 Å². The van der Waals surface area contributed by atoms with Gasteiger partial charge in [0.05, 0.1) is 5.52 Å². The molecule has 0 fully saturated rings. The predicted octanol–water partition coefficient (Wildman–Crippen LogP) is 4.08. The van der Waals surface area contributed by atoms with Gasteiger partial charge in [-0.15, -0.1) is 10.2 Å². The Morgan fingerprint density at radius 1 is 1.05 bits per heavy atom. The van der Waals surface area contributed by atoms with Crippen LogP contribution in [0.15, 0.2) is 18.2 Å². The second-order valence-corrected chi connectivity index (χ2v) is 6.66. The number of hydrogen-bond donors (Lipinski definition) is 1. The summed E-state index contributed by atoms with van der Waals surface area (Å²) in [4.78, 5) is 4.79. The molecule has 0 aliphatic heterocycles. The molecule has 0 saturated heterocycles. The first-order valence-electron chi connectivity index (χ1n) is 6.97. The van der Waals surface area contributed by atoms with Crippen LogP contribution >= 0.6 is 11.3 Å². The van der Waals surface area contributed by atoms with E-state index < -0.39 is 0 Å². The quantitative estimate of drug-likeness (QED) is 0.774. The van der Waals surface area contributed by atoms with Gasteiger partial charge < -0.3 is 5.73 Å². The van der Waals surface area contributed by atoms with E-state index in [4.69, 9.17) is 10.7 Å². The Bertz CT molecular complexity index is 821. The van der Waals surface area contributed by atoms with E-state index >= 15 is 0 Å². The minimum absolute atomic E-state index is 0.361. The zero-order valence-electron chi connectivity index (χ0n) is 12.6. The van der Waals surface area contributed by atoms with Gasteiger partial charge in [0.1, 0.15) is 5.01 Å². The summed E-state index contributed by atoms with van der Waals surface area (Å²) in [7, 11) is 0. The highest BCUT2D eigenvalue weighted by Gasteiger charge is 2.14. The molecule has 0 bridgehead atoms. The highest BCUT2D eigenvalue weighted by molar-refractivity contribution is 7.18. The zero-order valence-corrected chi connectivity index (χ0v) is 13.5. The fraction of sp³-hybridized carbons (Fsp3) is 0.312. The molecule has 0 aliphatic rings. The number of benzene rings is 1. The van der Waals surface area contributed by atoms with Crippen LogP contribution in [0, 0.1) is 13.8 Å². The molecule has 2 heterocycles. The van der Waals surface area contributed by atoms with Gasteiger partial charge in [-0.3, -0.25) is 4.98 Å². The molecule has 0 saturated carbocycles. The second-order valence-electron chi connectivity index (χ2n) is 5.65. The SMILES string of the molecule is Cc1cc2nc(C(C)C)cc(-c3nnc(N)s3)c2cc1C. The summed E-state index contributed by atoms with van der Waals surface area (Å²) in [6, 6.07) is 6.43.